The highest BCUT2D eigenvalue weighted by molar-refractivity contribution is 5.95. The summed E-state index contributed by atoms with van der Waals surface area (Å²) in [6.07, 6.45) is 0.421. The van der Waals surface area contributed by atoms with Gasteiger partial charge < -0.3 is 24.5 Å². The van der Waals surface area contributed by atoms with E-state index in [0.29, 0.717) is 0 Å². The van der Waals surface area contributed by atoms with Crippen molar-refractivity contribution in [2.45, 2.75) is 32.4 Å². The summed E-state index contributed by atoms with van der Waals surface area (Å²) in [4.78, 5) is 41.6. The van der Waals surface area contributed by atoms with Crippen molar-refractivity contribution in [3.8, 4) is 11.1 Å². The molecular formula is C25H25N3O6. The van der Waals surface area contributed by atoms with Gasteiger partial charge in [0.25, 0.3) is 5.91 Å². The number of benzene rings is 2. The molecule has 1 aliphatic rings. The number of ether oxygens (including phenoxy) is 1. The van der Waals surface area contributed by atoms with Gasteiger partial charge in [-0.15, -0.1) is 0 Å². The average Bonchev–Trinajstić information content (AvgIpc) is 3.44. The Morgan fingerprint density at radius 1 is 1.12 bits per heavy atom. The normalized spacial score (nSPS) is 13.0. The number of carbonyl (C=O) groups excluding carboxylic acids is 2. The van der Waals surface area contributed by atoms with E-state index in [1.165, 1.54) is 6.92 Å². The maximum Gasteiger partial charge on any atom is 0.407 e. The summed E-state index contributed by atoms with van der Waals surface area (Å²) in [6, 6.07) is 15.0. The molecule has 2 amide bonds. The number of nitrogens with zero attached hydrogens (tertiary/aromatic N) is 2. The molecule has 176 valence electrons. The zero-order valence-corrected chi connectivity index (χ0v) is 18.9. The van der Waals surface area contributed by atoms with E-state index in [2.05, 4.69) is 22.4 Å². The molecule has 34 heavy (non-hydrogen) atoms. The van der Waals surface area contributed by atoms with Gasteiger partial charge in [0.2, 0.25) is 0 Å². The molecule has 0 bridgehead atoms. The van der Waals surface area contributed by atoms with Crippen LogP contribution >= 0.6 is 0 Å². The summed E-state index contributed by atoms with van der Waals surface area (Å²) in [5.41, 5.74) is 4.42. The first kappa shape index (κ1) is 23.0. The number of oxazole rings is 1. The number of carbonyl (C=O) groups is 3. The zero-order chi connectivity index (χ0) is 24.2. The molecule has 0 saturated heterocycles. The van der Waals surface area contributed by atoms with Crippen molar-refractivity contribution in [1.82, 2.24) is 15.2 Å². The molecule has 1 atom stereocenters. The maximum atomic E-state index is 12.8. The molecular weight excluding hydrogens is 438 g/mol. The number of hydrogen-bond acceptors (Lipinski definition) is 6. The number of nitrogens with one attached hydrogen (secondary N) is 1. The van der Waals surface area contributed by atoms with Crippen LogP contribution in [0.4, 0.5) is 4.79 Å². The number of amides is 2. The molecule has 0 spiro atoms. The Morgan fingerprint density at radius 3 is 2.32 bits per heavy atom. The van der Waals surface area contributed by atoms with E-state index in [1.54, 1.807) is 6.92 Å². The fraction of sp³-hybridized carbons (Fsp3) is 0.280. The molecule has 2 N–H and O–H groups in total. The Kier molecular flexibility index (Phi) is 6.62. The van der Waals surface area contributed by atoms with E-state index in [0.717, 1.165) is 33.5 Å². The first-order valence-electron chi connectivity index (χ1n) is 11.0. The SMILES string of the molecule is CCN(C(=O)c1ncoc1CNC(=O)OCC1c2ccccc2-c2ccccc21)C(C)C(=O)O. The largest absolute Gasteiger partial charge is 0.480 e. The van der Waals surface area contributed by atoms with Crippen LogP contribution in [-0.4, -0.2) is 52.2 Å². The second kappa shape index (κ2) is 9.78. The van der Waals surface area contributed by atoms with E-state index < -0.39 is 24.0 Å². The van der Waals surface area contributed by atoms with Crippen LogP contribution in [0.3, 0.4) is 0 Å². The Labute approximate surface area is 196 Å². The molecule has 1 aromatic heterocycles. The number of likely N-dealkylation sites (N-methyl/N-ethyl adjacent to an activating group) is 1. The molecule has 4 rings (SSSR count). The maximum absolute atomic E-state index is 12.8. The van der Waals surface area contributed by atoms with Gasteiger partial charge in [0.15, 0.2) is 17.8 Å². The van der Waals surface area contributed by atoms with Crippen LogP contribution in [0.2, 0.25) is 0 Å². The van der Waals surface area contributed by atoms with Gasteiger partial charge in [0.1, 0.15) is 12.6 Å². The first-order chi connectivity index (χ1) is 16.4. The molecule has 0 fully saturated rings. The summed E-state index contributed by atoms with van der Waals surface area (Å²) in [7, 11) is 0. The molecule has 9 nitrogen and oxygen atoms in total. The van der Waals surface area contributed by atoms with Crippen LogP contribution < -0.4 is 5.32 Å². The van der Waals surface area contributed by atoms with Crippen molar-refractivity contribution in [2.75, 3.05) is 13.2 Å². The topological polar surface area (TPSA) is 122 Å². The van der Waals surface area contributed by atoms with Crippen LogP contribution in [-0.2, 0) is 16.1 Å². The van der Waals surface area contributed by atoms with Crippen molar-refractivity contribution in [3.63, 3.8) is 0 Å². The number of fused-ring (bicyclic) bond motifs is 3. The van der Waals surface area contributed by atoms with Crippen molar-refractivity contribution >= 4 is 18.0 Å². The van der Waals surface area contributed by atoms with E-state index >= 15 is 0 Å². The van der Waals surface area contributed by atoms with Crippen LogP contribution in [0.25, 0.3) is 11.1 Å². The van der Waals surface area contributed by atoms with Gasteiger partial charge in [-0.25, -0.2) is 14.6 Å². The Bertz CT molecular complexity index is 1180. The summed E-state index contributed by atoms with van der Waals surface area (Å²) in [5.74, 6) is -1.67. The highest BCUT2D eigenvalue weighted by Gasteiger charge is 2.30. The van der Waals surface area contributed by atoms with E-state index in [9.17, 15) is 19.5 Å². The minimum absolute atomic E-state index is 0.0473. The molecule has 1 heterocycles. The fourth-order valence-electron chi connectivity index (χ4n) is 4.23. The number of carboxylic acids is 1. The lowest BCUT2D eigenvalue weighted by Gasteiger charge is -2.24. The third kappa shape index (κ3) is 4.36. The van der Waals surface area contributed by atoms with Crippen molar-refractivity contribution in [3.05, 3.63) is 77.5 Å². The van der Waals surface area contributed by atoms with Gasteiger partial charge in [0, 0.05) is 12.5 Å². The molecule has 9 heteroatoms. The van der Waals surface area contributed by atoms with Crippen LogP contribution in [0.5, 0.6) is 0 Å². The molecule has 3 aromatic rings. The number of hydrogen-bond donors (Lipinski definition) is 2. The van der Waals surface area contributed by atoms with Crippen LogP contribution in [0.1, 0.15) is 47.1 Å². The zero-order valence-electron chi connectivity index (χ0n) is 18.9. The van der Waals surface area contributed by atoms with E-state index in [1.807, 2.05) is 36.4 Å². The average molecular weight is 463 g/mol. The molecule has 2 aromatic carbocycles. The van der Waals surface area contributed by atoms with Crippen molar-refractivity contribution < 1.29 is 28.6 Å². The third-order valence-corrected chi connectivity index (χ3v) is 6.01. The van der Waals surface area contributed by atoms with E-state index in [-0.39, 0.29) is 37.1 Å². The van der Waals surface area contributed by atoms with Crippen LogP contribution in [0, 0.1) is 0 Å². The van der Waals surface area contributed by atoms with Gasteiger partial charge in [-0.2, -0.15) is 0 Å². The fourth-order valence-corrected chi connectivity index (χ4v) is 4.23. The highest BCUT2D eigenvalue weighted by atomic mass is 16.5. The van der Waals surface area contributed by atoms with Gasteiger partial charge in [-0.05, 0) is 36.1 Å². The number of alkyl carbamates (subject to hydrolysis) is 1. The molecule has 0 radical (unpaired) electrons. The monoisotopic (exact) mass is 463 g/mol. The van der Waals surface area contributed by atoms with E-state index in [4.69, 9.17) is 9.15 Å². The Morgan fingerprint density at radius 2 is 1.74 bits per heavy atom. The second-order valence-electron chi connectivity index (χ2n) is 7.91. The van der Waals surface area contributed by atoms with Gasteiger partial charge >= 0.3 is 12.1 Å². The van der Waals surface area contributed by atoms with Crippen molar-refractivity contribution in [2.24, 2.45) is 0 Å². The lowest BCUT2D eigenvalue weighted by Crippen LogP contribution is -2.43. The quantitative estimate of drug-likeness (QED) is 0.523. The Balaban J connectivity index is 1.39. The van der Waals surface area contributed by atoms with Gasteiger partial charge in [-0.3, -0.25) is 4.79 Å². The third-order valence-electron chi connectivity index (χ3n) is 6.01. The summed E-state index contributed by atoms with van der Waals surface area (Å²) >= 11 is 0. The summed E-state index contributed by atoms with van der Waals surface area (Å²) in [5, 5.41) is 11.8. The minimum atomic E-state index is -1.13. The smallest absolute Gasteiger partial charge is 0.407 e. The lowest BCUT2D eigenvalue weighted by molar-refractivity contribution is -0.141. The number of aromatic nitrogens is 1. The summed E-state index contributed by atoms with van der Waals surface area (Å²) in [6.45, 7) is 3.29. The molecule has 1 unspecified atom stereocenters. The predicted octanol–water partition coefficient (Wildman–Crippen LogP) is 3.65. The van der Waals surface area contributed by atoms with Crippen molar-refractivity contribution in [1.29, 1.82) is 0 Å². The number of rotatable bonds is 8. The lowest BCUT2D eigenvalue weighted by atomic mass is 9.98. The predicted molar refractivity (Wildman–Crippen MR) is 122 cm³/mol. The summed E-state index contributed by atoms with van der Waals surface area (Å²) < 4.78 is 10.8. The van der Waals surface area contributed by atoms with Crippen LogP contribution in [0.15, 0.2) is 59.3 Å². The second-order valence-corrected chi connectivity index (χ2v) is 7.91. The molecule has 0 saturated carbocycles. The number of aliphatic carboxylic acids is 1. The minimum Gasteiger partial charge on any atom is -0.480 e. The highest BCUT2D eigenvalue weighted by Crippen LogP contribution is 2.44. The van der Waals surface area contributed by atoms with Gasteiger partial charge in [0.05, 0.1) is 6.54 Å². The first-order valence-corrected chi connectivity index (χ1v) is 11.0. The molecule has 0 aliphatic heterocycles. The number of carboxylic acid groups (broad SMARTS) is 1. The van der Waals surface area contributed by atoms with Gasteiger partial charge in [-0.1, -0.05) is 48.5 Å². The Hall–Kier alpha value is -4.14. The standard InChI is InChI=1S/C25H25N3O6/c1-3-28(15(2)24(30)31)23(29)22-21(34-14-27-22)12-26-25(32)33-13-20-18-10-6-4-8-16(18)17-9-5-7-11-19(17)20/h4-11,14-15,20H,3,12-13H2,1-2H3,(H,26,32)(H,30,31). The molecule has 1 aliphatic carbocycles.